The Labute approximate surface area is 194 Å². The molecular formula is C27H28ClN3O. The number of piperidine rings is 1. The summed E-state index contributed by atoms with van der Waals surface area (Å²) in [5, 5.41) is 5.48. The van der Waals surface area contributed by atoms with Gasteiger partial charge in [0.2, 0.25) is 0 Å². The number of fused-ring (bicyclic) bond motifs is 1. The van der Waals surface area contributed by atoms with Crippen molar-refractivity contribution in [3.05, 3.63) is 72.1 Å². The molecule has 0 saturated carbocycles. The molecule has 3 heterocycles. The van der Waals surface area contributed by atoms with Gasteiger partial charge in [0.1, 0.15) is 5.75 Å². The Hall–Kier alpha value is -2.82. The van der Waals surface area contributed by atoms with Crippen LogP contribution in [0.5, 0.6) is 5.75 Å². The molecule has 0 spiro atoms. The van der Waals surface area contributed by atoms with Gasteiger partial charge in [-0.1, -0.05) is 23.7 Å². The van der Waals surface area contributed by atoms with E-state index in [-0.39, 0.29) is 0 Å². The van der Waals surface area contributed by atoms with Crippen LogP contribution >= 0.6 is 11.6 Å². The fourth-order valence-electron chi connectivity index (χ4n) is 4.86. The molecule has 1 N–H and O–H groups in total. The second kappa shape index (κ2) is 8.97. The van der Waals surface area contributed by atoms with Crippen molar-refractivity contribution in [2.45, 2.75) is 25.8 Å². The molecule has 5 heteroatoms. The second-order valence-corrected chi connectivity index (χ2v) is 9.09. The molecule has 2 unspecified atom stereocenters. The number of aromatic nitrogens is 2. The number of methoxy groups -OCH3 is 1. The highest BCUT2D eigenvalue weighted by molar-refractivity contribution is 6.31. The Morgan fingerprint density at radius 1 is 1.09 bits per heavy atom. The normalized spacial score (nSPS) is 17.4. The van der Waals surface area contributed by atoms with Gasteiger partial charge in [-0.15, -0.1) is 0 Å². The van der Waals surface area contributed by atoms with Gasteiger partial charge in [0.25, 0.3) is 0 Å². The van der Waals surface area contributed by atoms with Gasteiger partial charge in [0.15, 0.2) is 0 Å². The molecular weight excluding hydrogens is 418 g/mol. The Bertz CT molecular complexity index is 1240. The summed E-state index contributed by atoms with van der Waals surface area (Å²) in [4.78, 5) is 4.57. The van der Waals surface area contributed by atoms with Crippen molar-refractivity contribution in [2.75, 3.05) is 20.2 Å². The van der Waals surface area contributed by atoms with Gasteiger partial charge < -0.3 is 14.6 Å². The van der Waals surface area contributed by atoms with E-state index in [2.05, 4.69) is 52.3 Å². The summed E-state index contributed by atoms with van der Waals surface area (Å²) >= 11 is 6.43. The first-order chi connectivity index (χ1) is 15.6. The van der Waals surface area contributed by atoms with Crippen molar-refractivity contribution >= 4 is 22.5 Å². The van der Waals surface area contributed by atoms with Crippen molar-refractivity contribution in [3.8, 4) is 28.0 Å². The van der Waals surface area contributed by atoms with Crippen LogP contribution < -0.4 is 10.1 Å². The first-order valence-corrected chi connectivity index (χ1v) is 11.6. The van der Waals surface area contributed by atoms with E-state index in [4.69, 9.17) is 16.3 Å². The third-order valence-corrected chi connectivity index (χ3v) is 6.94. The second-order valence-electron chi connectivity index (χ2n) is 8.65. The lowest BCUT2D eigenvalue weighted by Crippen LogP contribution is -2.34. The largest absolute Gasteiger partial charge is 0.497 e. The first kappa shape index (κ1) is 21.0. The van der Waals surface area contributed by atoms with E-state index in [1.54, 1.807) is 7.11 Å². The van der Waals surface area contributed by atoms with Crippen molar-refractivity contribution in [3.63, 3.8) is 0 Å². The van der Waals surface area contributed by atoms with Crippen LogP contribution in [0.2, 0.25) is 5.02 Å². The van der Waals surface area contributed by atoms with Crippen LogP contribution in [0.15, 0.2) is 67.1 Å². The topological polar surface area (TPSA) is 39.1 Å². The maximum atomic E-state index is 6.43. The minimum Gasteiger partial charge on any atom is -0.497 e. The van der Waals surface area contributed by atoms with Crippen LogP contribution in [0.25, 0.3) is 33.2 Å². The van der Waals surface area contributed by atoms with Crippen LogP contribution in [0.4, 0.5) is 0 Å². The molecule has 2 aromatic carbocycles. The quantitative estimate of drug-likeness (QED) is 0.376. The van der Waals surface area contributed by atoms with Gasteiger partial charge in [-0.3, -0.25) is 4.98 Å². The molecule has 0 radical (unpaired) electrons. The lowest BCUT2D eigenvalue weighted by Gasteiger charge is -2.30. The summed E-state index contributed by atoms with van der Waals surface area (Å²) in [5.41, 5.74) is 5.62. The van der Waals surface area contributed by atoms with Crippen LogP contribution in [0, 0.1) is 5.92 Å². The third-order valence-electron chi connectivity index (χ3n) is 6.70. The smallest absolute Gasteiger partial charge is 0.119 e. The van der Waals surface area contributed by atoms with E-state index >= 15 is 0 Å². The molecule has 4 nitrogen and oxygen atoms in total. The zero-order chi connectivity index (χ0) is 22.1. The monoisotopic (exact) mass is 445 g/mol. The highest BCUT2D eigenvalue weighted by atomic mass is 35.5. The van der Waals surface area contributed by atoms with Gasteiger partial charge in [0, 0.05) is 57.2 Å². The fourth-order valence-corrected chi connectivity index (χ4v) is 5.03. The molecule has 0 amide bonds. The summed E-state index contributed by atoms with van der Waals surface area (Å²) in [6.45, 7) is 4.52. The Morgan fingerprint density at radius 2 is 1.97 bits per heavy atom. The number of nitrogens with one attached hydrogen (secondary N) is 1. The van der Waals surface area contributed by atoms with E-state index in [1.807, 2.05) is 36.7 Å². The van der Waals surface area contributed by atoms with Crippen molar-refractivity contribution in [1.29, 1.82) is 0 Å². The van der Waals surface area contributed by atoms with Crippen molar-refractivity contribution in [2.24, 2.45) is 5.92 Å². The predicted octanol–water partition coefficient (Wildman–Crippen LogP) is 6.59. The lowest BCUT2D eigenvalue weighted by molar-refractivity contribution is 0.284. The minimum atomic E-state index is 0.398. The number of benzene rings is 2. The van der Waals surface area contributed by atoms with Gasteiger partial charge in [0.05, 0.1) is 7.11 Å². The van der Waals surface area contributed by atoms with Crippen LogP contribution in [0.1, 0.15) is 25.8 Å². The summed E-state index contributed by atoms with van der Waals surface area (Å²) in [5.74, 6) is 1.45. The van der Waals surface area contributed by atoms with Gasteiger partial charge in [-0.2, -0.15) is 0 Å². The average Bonchev–Trinajstić information content (AvgIpc) is 3.23. The van der Waals surface area contributed by atoms with E-state index in [1.165, 1.54) is 18.4 Å². The highest BCUT2D eigenvalue weighted by Crippen LogP contribution is 2.37. The fraction of sp³-hybridized carbons (Fsp3) is 0.296. The predicted molar refractivity (Wildman–Crippen MR) is 132 cm³/mol. The third kappa shape index (κ3) is 4.01. The van der Waals surface area contributed by atoms with E-state index in [0.29, 0.717) is 12.0 Å². The SMILES string of the molecule is COc1cccc(-c2cncc(-c3cn(C(C)C4CCCNC4)c4ccc(Cl)cc34)c2)c1. The number of hydrogen-bond donors (Lipinski definition) is 1. The molecule has 4 aromatic rings. The van der Waals surface area contributed by atoms with E-state index in [0.717, 1.165) is 51.5 Å². The van der Waals surface area contributed by atoms with Crippen molar-refractivity contribution in [1.82, 2.24) is 14.9 Å². The molecule has 1 aliphatic heterocycles. The van der Waals surface area contributed by atoms with Crippen LogP contribution in [-0.4, -0.2) is 29.8 Å². The molecule has 2 atom stereocenters. The van der Waals surface area contributed by atoms with E-state index < -0.39 is 0 Å². The number of nitrogens with zero attached hydrogens (tertiary/aromatic N) is 2. The van der Waals surface area contributed by atoms with Gasteiger partial charge in [-0.05, 0) is 80.7 Å². The van der Waals surface area contributed by atoms with Gasteiger partial charge in [-0.25, -0.2) is 0 Å². The highest BCUT2D eigenvalue weighted by Gasteiger charge is 2.23. The number of hydrogen-bond acceptors (Lipinski definition) is 3. The standard InChI is InChI=1S/C27H28ClN3O/c1-18(20-6-4-10-29-14-20)31-17-26(25-13-23(28)8-9-27(25)31)22-11-21(15-30-16-22)19-5-3-7-24(12-19)32-2/h3,5,7-9,11-13,15-18,20,29H,4,6,10,14H2,1-2H3. The molecule has 164 valence electrons. The molecule has 5 rings (SSSR count). The van der Waals surface area contributed by atoms with E-state index in [9.17, 15) is 0 Å². The maximum absolute atomic E-state index is 6.43. The number of pyridine rings is 1. The molecule has 0 aliphatic carbocycles. The maximum Gasteiger partial charge on any atom is 0.119 e. The Morgan fingerprint density at radius 3 is 2.78 bits per heavy atom. The zero-order valence-corrected chi connectivity index (χ0v) is 19.3. The minimum absolute atomic E-state index is 0.398. The molecule has 1 fully saturated rings. The summed E-state index contributed by atoms with van der Waals surface area (Å²) in [6, 6.07) is 16.9. The molecule has 1 aliphatic rings. The Kier molecular flexibility index (Phi) is 5.90. The number of ether oxygens (including phenoxy) is 1. The molecule has 32 heavy (non-hydrogen) atoms. The summed E-state index contributed by atoms with van der Waals surface area (Å²) in [6.07, 6.45) is 8.62. The number of rotatable bonds is 5. The summed E-state index contributed by atoms with van der Waals surface area (Å²) in [7, 11) is 1.69. The molecule has 0 bridgehead atoms. The van der Waals surface area contributed by atoms with Crippen LogP contribution in [0.3, 0.4) is 0 Å². The van der Waals surface area contributed by atoms with Crippen LogP contribution in [-0.2, 0) is 0 Å². The Balaban J connectivity index is 1.60. The van der Waals surface area contributed by atoms with Gasteiger partial charge >= 0.3 is 0 Å². The number of halogens is 1. The zero-order valence-electron chi connectivity index (χ0n) is 18.5. The average molecular weight is 446 g/mol. The molecule has 1 saturated heterocycles. The molecule has 2 aromatic heterocycles. The first-order valence-electron chi connectivity index (χ1n) is 11.2. The summed E-state index contributed by atoms with van der Waals surface area (Å²) < 4.78 is 7.83. The lowest BCUT2D eigenvalue weighted by atomic mass is 9.92. The van der Waals surface area contributed by atoms with Crippen molar-refractivity contribution < 1.29 is 4.74 Å².